The number of aliphatic hydroxyl groups excluding tert-OH is 1. The highest BCUT2D eigenvalue weighted by atomic mass is 16.5. The zero-order chi connectivity index (χ0) is 15.7. The fourth-order valence-corrected chi connectivity index (χ4v) is 4.69. The summed E-state index contributed by atoms with van der Waals surface area (Å²) >= 11 is 0. The van der Waals surface area contributed by atoms with Crippen LogP contribution in [0.25, 0.3) is 0 Å². The van der Waals surface area contributed by atoms with Crippen molar-refractivity contribution in [3.05, 3.63) is 0 Å². The van der Waals surface area contributed by atoms with E-state index in [4.69, 9.17) is 4.74 Å². The van der Waals surface area contributed by atoms with Crippen molar-refractivity contribution in [2.24, 2.45) is 17.8 Å². The van der Waals surface area contributed by atoms with Gasteiger partial charge in [0.1, 0.15) is 6.10 Å². The normalized spacial score (nSPS) is 40.3. The first-order valence-corrected chi connectivity index (χ1v) is 9.17. The van der Waals surface area contributed by atoms with Gasteiger partial charge in [-0.25, -0.2) is 0 Å². The summed E-state index contributed by atoms with van der Waals surface area (Å²) in [5.74, 6) is 1.39. The van der Waals surface area contributed by atoms with Crippen molar-refractivity contribution in [2.45, 2.75) is 77.1 Å². The average Bonchev–Trinajstić information content (AvgIpc) is 2.46. The van der Waals surface area contributed by atoms with E-state index in [1.165, 1.54) is 19.3 Å². The molecule has 0 aromatic heterocycles. The van der Waals surface area contributed by atoms with Crippen molar-refractivity contribution in [3.8, 4) is 0 Å². The van der Waals surface area contributed by atoms with Crippen LogP contribution in [0.15, 0.2) is 0 Å². The Labute approximate surface area is 134 Å². The Morgan fingerprint density at radius 3 is 2.41 bits per heavy atom. The average molecular weight is 309 g/mol. The smallest absolute Gasteiger partial charge is 0.251 e. The third kappa shape index (κ3) is 3.48. The number of piperidine rings is 1. The van der Waals surface area contributed by atoms with Crippen LogP contribution in [-0.2, 0) is 9.53 Å². The molecule has 1 saturated heterocycles. The minimum Gasteiger partial charge on any atom is -0.392 e. The summed E-state index contributed by atoms with van der Waals surface area (Å²) in [6, 6.07) is 0. The number of carbonyl (C=O) groups is 1. The van der Waals surface area contributed by atoms with E-state index >= 15 is 0 Å². The number of amides is 1. The summed E-state index contributed by atoms with van der Waals surface area (Å²) in [5, 5.41) is 10.2. The standard InChI is InChI=1S/C18H31NO3/c1-12-5-3-8-16(9-12)22-13(2)18(21)19-10-14-6-4-7-15(11-19)17(14)20/h12-17,20H,3-11H2,1-2H3/t12-,13+,14-,15+,16-,17?/m1/s1. The third-order valence-electron chi connectivity index (χ3n) is 5.97. The van der Waals surface area contributed by atoms with Crippen LogP contribution < -0.4 is 0 Å². The number of aliphatic hydroxyl groups is 1. The molecule has 6 atom stereocenters. The number of hydrogen-bond acceptors (Lipinski definition) is 3. The molecule has 0 radical (unpaired) electrons. The number of nitrogens with zero attached hydrogens (tertiary/aromatic N) is 1. The number of carbonyl (C=O) groups excluding carboxylic acids is 1. The molecule has 3 aliphatic rings. The molecule has 1 N–H and O–H groups in total. The molecule has 2 aliphatic carbocycles. The lowest BCUT2D eigenvalue weighted by atomic mass is 9.75. The summed E-state index contributed by atoms with van der Waals surface area (Å²) < 4.78 is 6.07. The molecule has 2 saturated carbocycles. The lowest BCUT2D eigenvalue weighted by molar-refractivity contribution is -0.155. The van der Waals surface area contributed by atoms with E-state index in [-0.39, 0.29) is 36.1 Å². The highest BCUT2D eigenvalue weighted by Gasteiger charge is 2.41. The fourth-order valence-electron chi connectivity index (χ4n) is 4.69. The molecular formula is C18H31NO3. The van der Waals surface area contributed by atoms with E-state index in [0.29, 0.717) is 19.0 Å². The number of rotatable bonds is 3. The molecule has 2 bridgehead atoms. The van der Waals surface area contributed by atoms with Crippen LogP contribution in [-0.4, -0.2) is 47.3 Å². The van der Waals surface area contributed by atoms with Gasteiger partial charge in [-0.05, 0) is 38.5 Å². The van der Waals surface area contributed by atoms with Gasteiger partial charge in [0.05, 0.1) is 12.2 Å². The van der Waals surface area contributed by atoms with Crippen molar-refractivity contribution >= 4 is 5.91 Å². The number of hydrogen-bond donors (Lipinski definition) is 1. The van der Waals surface area contributed by atoms with E-state index in [1.54, 1.807) is 0 Å². The molecule has 4 heteroatoms. The predicted octanol–water partition coefficient (Wildman–Crippen LogP) is 2.59. The Hall–Kier alpha value is -0.610. The highest BCUT2D eigenvalue weighted by Crippen LogP contribution is 2.35. The minimum absolute atomic E-state index is 0.127. The molecular weight excluding hydrogens is 278 g/mol. The summed E-state index contributed by atoms with van der Waals surface area (Å²) in [7, 11) is 0. The van der Waals surface area contributed by atoms with Crippen LogP contribution in [0.1, 0.15) is 58.8 Å². The Morgan fingerprint density at radius 2 is 1.77 bits per heavy atom. The first kappa shape index (κ1) is 16.3. The summed E-state index contributed by atoms with van der Waals surface area (Å²) in [6.07, 6.45) is 7.68. The maximum atomic E-state index is 12.7. The molecule has 4 nitrogen and oxygen atoms in total. The van der Waals surface area contributed by atoms with Gasteiger partial charge in [0, 0.05) is 24.9 Å². The molecule has 1 heterocycles. The van der Waals surface area contributed by atoms with Gasteiger partial charge in [-0.1, -0.05) is 26.2 Å². The van der Waals surface area contributed by atoms with Gasteiger partial charge in [0.25, 0.3) is 5.91 Å². The SMILES string of the molecule is C[C@@H]1CCC[C@@H](O[C@@H](C)C(=O)N2C[C@H]3CCC[C@@H](C2)C3O)C1. The molecule has 0 aromatic rings. The van der Waals surface area contributed by atoms with Gasteiger partial charge in [-0.3, -0.25) is 4.79 Å². The molecule has 1 amide bonds. The Morgan fingerprint density at radius 1 is 1.14 bits per heavy atom. The quantitative estimate of drug-likeness (QED) is 0.872. The zero-order valence-electron chi connectivity index (χ0n) is 14.0. The first-order chi connectivity index (χ1) is 10.5. The lowest BCUT2D eigenvalue weighted by Crippen LogP contribution is -2.55. The second-order valence-corrected chi connectivity index (χ2v) is 7.86. The highest BCUT2D eigenvalue weighted by molar-refractivity contribution is 5.80. The van der Waals surface area contributed by atoms with Crippen LogP contribution >= 0.6 is 0 Å². The maximum absolute atomic E-state index is 12.7. The van der Waals surface area contributed by atoms with Crippen LogP contribution in [0, 0.1) is 17.8 Å². The lowest BCUT2D eigenvalue weighted by Gasteiger charge is -2.45. The van der Waals surface area contributed by atoms with Gasteiger partial charge in [-0.2, -0.15) is 0 Å². The summed E-state index contributed by atoms with van der Waals surface area (Å²) in [4.78, 5) is 14.7. The van der Waals surface area contributed by atoms with Crippen molar-refractivity contribution in [1.29, 1.82) is 0 Å². The van der Waals surface area contributed by atoms with E-state index in [1.807, 2.05) is 11.8 Å². The van der Waals surface area contributed by atoms with Crippen molar-refractivity contribution in [1.82, 2.24) is 4.90 Å². The van der Waals surface area contributed by atoms with Crippen molar-refractivity contribution in [2.75, 3.05) is 13.1 Å². The molecule has 0 spiro atoms. The van der Waals surface area contributed by atoms with Crippen LogP contribution in [0.2, 0.25) is 0 Å². The molecule has 126 valence electrons. The minimum atomic E-state index is -0.341. The maximum Gasteiger partial charge on any atom is 0.251 e. The van der Waals surface area contributed by atoms with E-state index < -0.39 is 0 Å². The predicted molar refractivity (Wildman–Crippen MR) is 85.4 cm³/mol. The molecule has 1 unspecified atom stereocenters. The molecule has 1 aliphatic heterocycles. The van der Waals surface area contributed by atoms with Gasteiger partial charge < -0.3 is 14.7 Å². The molecule has 3 fully saturated rings. The Balaban J connectivity index is 1.54. The first-order valence-electron chi connectivity index (χ1n) is 9.17. The van der Waals surface area contributed by atoms with E-state index in [2.05, 4.69) is 6.92 Å². The Kier molecular flexibility index (Phi) is 5.08. The molecule has 3 rings (SSSR count). The van der Waals surface area contributed by atoms with Crippen LogP contribution in [0.3, 0.4) is 0 Å². The second-order valence-electron chi connectivity index (χ2n) is 7.86. The van der Waals surface area contributed by atoms with Gasteiger partial charge in [0.2, 0.25) is 0 Å². The zero-order valence-corrected chi connectivity index (χ0v) is 14.0. The van der Waals surface area contributed by atoms with Crippen LogP contribution in [0.5, 0.6) is 0 Å². The second kappa shape index (κ2) is 6.88. The third-order valence-corrected chi connectivity index (χ3v) is 5.97. The van der Waals surface area contributed by atoms with Crippen molar-refractivity contribution in [3.63, 3.8) is 0 Å². The Bertz CT molecular complexity index is 386. The number of fused-ring (bicyclic) bond motifs is 2. The summed E-state index contributed by atoms with van der Waals surface area (Å²) in [6.45, 7) is 5.61. The van der Waals surface area contributed by atoms with Gasteiger partial charge >= 0.3 is 0 Å². The number of ether oxygens (including phenoxy) is 1. The fraction of sp³-hybridized carbons (Fsp3) is 0.944. The monoisotopic (exact) mass is 309 g/mol. The van der Waals surface area contributed by atoms with E-state index in [9.17, 15) is 9.90 Å². The van der Waals surface area contributed by atoms with E-state index in [0.717, 1.165) is 25.7 Å². The van der Waals surface area contributed by atoms with Crippen LogP contribution in [0.4, 0.5) is 0 Å². The molecule has 22 heavy (non-hydrogen) atoms. The van der Waals surface area contributed by atoms with Crippen molar-refractivity contribution < 1.29 is 14.6 Å². The largest absolute Gasteiger partial charge is 0.392 e. The molecule has 0 aromatic carbocycles. The summed E-state index contributed by atoms with van der Waals surface area (Å²) in [5.41, 5.74) is 0. The van der Waals surface area contributed by atoms with Gasteiger partial charge in [0.15, 0.2) is 0 Å². The topological polar surface area (TPSA) is 49.8 Å². The van der Waals surface area contributed by atoms with Gasteiger partial charge in [-0.15, -0.1) is 0 Å². The number of likely N-dealkylation sites (tertiary alicyclic amines) is 1.